The van der Waals surface area contributed by atoms with Gasteiger partial charge in [0, 0.05) is 18.5 Å². The van der Waals surface area contributed by atoms with Crippen LogP contribution in [-0.4, -0.2) is 29.1 Å². The number of carboxylic acid groups (broad SMARTS) is 1. The molecule has 21 heavy (non-hydrogen) atoms. The first-order valence-corrected chi connectivity index (χ1v) is 6.82. The van der Waals surface area contributed by atoms with E-state index in [9.17, 15) is 15.2 Å². The second-order valence-electron chi connectivity index (χ2n) is 5.69. The first kappa shape index (κ1) is 13.4. The molecule has 0 amide bonds. The Morgan fingerprint density at radius 2 is 2.24 bits per heavy atom. The molecule has 1 saturated heterocycles. The van der Waals surface area contributed by atoms with E-state index in [1.165, 1.54) is 0 Å². The molecule has 1 aliphatic rings. The Morgan fingerprint density at radius 1 is 1.48 bits per heavy atom. The van der Waals surface area contributed by atoms with Crippen molar-refractivity contribution in [3.05, 3.63) is 35.9 Å². The molecule has 106 valence electrons. The molecule has 0 aliphatic carbocycles. The predicted octanol–water partition coefficient (Wildman–Crippen LogP) is 2.41. The molecule has 1 fully saturated rings. The summed E-state index contributed by atoms with van der Waals surface area (Å²) < 4.78 is 0. The Morgan fingerprint density at radius 3 is 2.90 bits per heavy atom. The van der Waals surface area contributed by atoms with Crippen molar-refractivity contribution in [2.24, 2.45) is 5.41 Å². The van der Waals surface area contributed by atoms with Crippen molar-refractivity contribution in [2.45, 2.75) is 13.3 Å². The molecule has 0 spiro atoms. The standard InChI is InChI=1S/C16H15N3O2/c1-16(15(20)21)6-7-19(10-16)14-8-11(9-17)12-4-2-3-5-13(12)18-14/h2-5,8H,6-7,10H2,1H3,(H,20,21). The summed E-state index contributed by atoms with van der Waals surface area (Å²) in [4.78, 5) is 17.9. The molecule has 5 nitrogen and oxygen atoms in total. The summed E-state index contributed by atoms with van der Waals surface area (Å²) in [7, 11) is 0. The molecule has 0 bridgehead atoms. The van der Waals surface area contributed by atoms with E-state index in [0.717, 1.165) is 10.9 Å². The van der Waals surface area contributed by atoms with Crippen molar-refractivity contribution in [2.75, 3.05) is 18.0 Å². The van der Waals surface area contributed by atoms with Crippen LogP contribution in [0.15, 0.2) is 30.3 Å². The van der Waals surface area contributed by atoms with Crippen LogP contribution in [0.25, 0.3) is 10.9 Å². The van der Waals surface area contributed by atoms with Gasteiger partial charge in [-0.2, -0.15) is 5.26 Å². The summed E-state index contributed by atoms with van der Waals surface area (Å²) in [5.74, 6) is -0.110. The fraction of sp³-hybridized carbons (Fsp3) is 0.312. The third-order valence-electron chi connectivity index (χ3n) is 4.14. The van der Waals surface area contributed by atoms with Crippen molar-refractivity contribution in [1.82, 2.24) is 4.98 Å². The number of hydrogen-bond donors (Lipinski definition) is 1. The number of nitriles is 1. The summed E-state index contributed by atoms with van der Waals surface area (Å²) in [6.45, 7) is 2.80. The van der Waals surface area contributed by atoms with Gasteiger partial charge in [-0.1, -0.05) is 18.2 Å². The minimum absolute atomic E-state index is 0.415. The van der Waals surface area contributed by atoms with E-state index in [-0.39, 0.29) is 0 Å². The van der Waals surface area contributed by atoms with Crippen molar-refractivity contribution >= 4 is 22.7 Å². The zero-order valence-electron chi connectivity index (χ0n) is 11.7. The maximum Gasteiger partial charge on any atom is 0.311 e. The second kappa shape index (κ2) is 4.74. The molecular weight excluding hydrogens is 266 g/mol. The Kier molecular flexibility index (Phi) is 3.02. The van der Waals surface area contributed by atoms with Crippen molar-refractivity contribution in [3.8, 4) is 6.07 Å². The van der Waals surface area contributed by atoms with Crippen LogP contribution in [0.2, 0.25) is 0 Å². The zero-order valence-corrected chi connectivity index (χ0v) is 11.7. The van der Waals surface area contributed by atoms with Gasteiger partial charge in [0.2, 0.25) is 0 Å². The van der Waals surface area contributed by atoms with Crippen LogP contribution in [0.1, 0.15) is 18.9 Å². The minimum atomic E-state index is -0.786. The highest BCUT2D eigenvalue weighted by Crippen LogP contribution is 2.34. The molecule has 1 aromatic carbocycles. The van der Waals surface area contributed by atoms with Crippen LogP contribution >= 0.6 is 0 Å². The van der Waals surface area contributed by atoms with E-state index >= 15 is 0 Å². The molecular formula is C16H15N3O2. The van der Waals surface area contributed by atoms with Crippen molar-refractivity contribution in [1.29, 1.82) is 5.26 Å². The third-order valence-corrected chi connectivity index (χ3v) is 4.14. The minimum Gasteiger partial charge on any atom is -0.481 e. The number of para-hydroxylation sites is 1. The number of carbonyl (C=O) groups is 1. The van der Waals surface area contributed by atoms with Crippen LogP contribution in [0, 0.1) is 16.7 Å². The van der Waals surface area contributed by atoms with Gasteiger partial charge in [0.05, 0.1) is 22.6 Å². The molecule has 1 unspecified atom stereocenters. The lowest BCUT2D eigenvalue weighted by atomic mass is 9.90. The Bertz CT molecular complexity index is 766. The third kappa shape index (κ3) is 2.19. The number of carboxylic acids is 1. The summed E-state index contributed by atoms with van der Waals surface area (Å²) >= 11 is 0. The first-order valence-electron chi connectivity index (χ1n) is 6.82. The van der Waals surface area contributed by atoms with Gasteiger partial charge < -0.3 is 10.0 Å². The number of rotatable bonds is 2. The fourth-order valence-electron chi connectivity index (χ4n) is 2.75. The molecule has 5 heteroatoms. The van der Waals surface area contributed by atoms with E-state index in [1.54, 1.807) is 13.0 Å². The van der Waals surface area contributed by atoms with E-state index in [0.29, 0.717) is 30.9 Å². The highest BCUT2D eigenvalue weighted by atomic mass is 16.4. The summed E-state index contributed by atoms with van der Waals surface area (Å²) in [5, 5.41) is 19.4. The van der Waals surface area contributed by atoms with Gasteiger partial charge in [0.15, 0.2) is 0 Å². The maximum atomic E-state index is 11.3. The van der Waals surface area contributed by atoms with E-state index in [4.69, 9.17) is 0 Å². The Balaban J connectivity index is 2.03. The van der Waals surface area contributed by atoms with Gasteiger partial charge in [-0.15, -0.1) is 0 Å². The van der Waals surface area contributed by atoms with Gasteiger partial charge in [-0.05, 0) is 25.5 Å². The predicted molar refractivity (Wildman–Crippen MR) is 79.0 cm³/mol. The van der Waals surface area contributed by atoms with Crippen molar-refractivity contribution in [3.63, 3.8) is 0 Å². The molecule has 0 radical (unpaired) electrons. The maximum absolute atomic E-state index is 11.3. The van der Waals surface area contributed by atoms with Crippen LogP contribution in [-0.2, 0) is 4.79 Å². The number of hydrogen-bond acceptors (Lipinski definition) is 4. The Labute approximate surface area is 122 Å². The number of aromatic nitrogens is 1. The monoisotopic (exact) mass is 281 g/mol. The summed E-state index contributed by atoms with van der Waals surface area (Å²) in [6.07, 6.45) is 0.582. The van der Waals surface area contributed by atoms with Crippen LogP contribution in [0.3, 0.4) is 0 Å². The Hall–Kier alpha value is -2.61. The number of anilines is 1. The number of aliphatic carboxylic acids is 1. The van der Waals surface area contributed by atoms with E-state index < -0.39 is 11.4 Å². The zero-order chi connectivity index (χ0) is 15.0. The second-order valence-corrected chi connectivity index (χ2v) is 5.69. The molecule has 1 N–H and O–H groups in total. The fourth-order valence-corrected chi connectivity index (χ4v) is 2.75. The van der Waals surface area contributed by atoms with E-state index in [1.807, 2.05) is 29.2 Å². The smallest absolute Gasteiger partial charge is 0.311 e. The van der Waals surface area contributed by atoms with Gasteiger partial charge >= 0.3 is 5.97 Å². The number of nitrogens with zero attached hydrogens (tertiary/aromatic N) is 3. The molecule has 2 aromatic rings. The van der Waals surface area contributed by atoms with Gasteiger partial charge in [-0.25, -0.2) is 4.98 Å². The molecule has 1 aliphatic heterocycles. The molecule has 1 aromatic heterocycles. The lowest BCUT2D eigenvalue weighted by molar-refractivity contribution is -0.146. The SMILES string of the molecule is CC1(C(=O)O)CCN(c2cc(C#N)c3ccccc3n2)C1. The molecule has 0 saturated carbocycles. The lowest BCUT2D eigenvalue weighted by Gasteiger charge is -2.21. The molecule has 3 rings (SSSR count). The van der Waals surface area contributed by atoms with Crippen molar-refractivity contribution < 1.29 is 9.90 Å². The van der Waals surface area contributed by atoms with Crippen LogP contribution < -0.4 is 4.90 Å². The quantitative estimate of drug-likeness (QED) is 0.914. The highest BCUT2D eigenvalue weighted by Gasteiger charge is 2.41. The topological polar surface area (TPSA) is 77.2 Å². The number of fused-ring (bicyclic) bond motifs is 1. The first-order chi connectivity index (χ1) is 10.0. The largest absolute Gasteiger partial charge is 0.481 e. The van der Waals surface area contributed by atoms with Gasteiger partial charge in [0.25, 0.3) is 0 Å². The average molecular weight is 281 g/mol. The highest BCUT2D eigenvalue weighted by molar-refractivity contribution is 5.86. The molecule has 1 atom stereocenters. The summed E-state index contributed by atoms with van der Waals surface area (Å²) in [5.41, 5.74) is 0.579. The van der Waals surface area contributed by atoms with Gasteiger partial charge in [0.1, 0.15) is 5.82 Å². The number of benzene rings is 1. The van der Waals surface area contributed by atoms with Gasteiger partial charge in [-0.3, -0.25) is 4.79 Å². The lowest BCUT2D eigenvalue weighted by Crippen LogP contribution is -2.32. The van der Waals surface area contributed by atoms with Crippen LogP contribution in [0.4, 0.5) is 5.82 Å². The number of pyridine rings is 1. The average Bonchev–Trinajstić information content (AvgIpc) is 2.90. The van der Waals surface area contributed by atoms with Crippen LogP contribution in [0.5, 0.6) is 0 Å². The van der Waals surface area contributed by atoms with E-state index in [2.05, 4.69) is 11.1 Å². The normalized spacial score (nSPS) is 21.4. The molecule has 2 heterocycles. The summed E-state index contributed by atoms with van der Waals surface area (Å²) in [6, 6.07) is 11.4.